The zero-order chi connectivity index (χ0) is 18.9. The number of anilines is 1. The molecule has 0 fully saturated rings. The van der Waals surface area contributed by atoms with Crippen molar-refractivity contribution in [1.29, 1.82) is 0 Å². The van der Waals surface area contributed by atoms with Crippen LogP contribution in [0.15, 0.2) is 46.9 Å². The van der Waals surface area contributed by atoms with Gasteiger partial charge in [-0.25, -0.2) is 0 Å². The molecule has 0 aromatic heterocycles. The number of amides is 1. The van der Waals surface area contributed by atoms with Crippen LogP contribution in [0.4, 0.5) is 5.69 Å². The van der Waals surface area contributed by atoms with Gasteiger partial charge in [-0.15, -0.1) is 12.4 Å². The molecule has 0 aliphatic heterocycles. The van der Waals surface area contributed by atoms with Gasteiger partial charge < -0.3 is 19.7 Å². The van der Waals surface area contributed by atoms with E-state index in [4.69, 9.17) is 9.47 Å². The maximum Gasteiger partial charge on any atom is 0.225 e. The number of halogens is 2. The topological polar surface area (TPSA) is 50.8 Å². The molecule has 0 saturated carbocycles. The van der Waals surface area contributed by atoms with Crippen LogP contribution in [0.5, 0.6) is 11.5 Å². The second kappa shape index (κ2) is 11.8. The molecule has 7 heteroatoms. The predicted molar refractivity (Wildman–Crippen MR) is 115 cm³/mol. The Balaban J connectivity index is 0.00000364. The lowest BCUT2D eigenvalue weighted by molar-refractivity contribution is -0.116. The molecule has 1 amide bonds. The number of nitrogens with one attached hydrogen (secondary N) is 1. The van der Waals surface area contributed by atoms with Crippen molar-refractivity contribution in [2.45, 2.75) is 12.8 Å². The first-order valence-corrected chi connectivity index (χ1v) is 9.26. The molecule has 0 spiro atoms. The van der Waals surface area contributed by atoms with Gasteiger partial charge in [0.1, 0.15) is 0 Å². The van der Waals surface area contributed by atoms with Crippen LogP contribution in [0.1, 0.15) is 12.0 Å². The number of carbonyl (C=O) groups is 1. The van der Waals surface area contributed by atoms with Crippen LogP contribution in [0.2, 0.25) is 0 Å². The molecular formula is C20H26BrClN2O3. The summed E-state index contributed by atoms with van der Waals surface area (Å²) in [5.74, 6) is 1.49. The monoisotopic (exact) mass is 456 g/mol. The number of likely N-dealkylation sites (N-methyl/N-ethyl adjacent to an activating group) is 1. The van der Waals surface area contributed by atoms with Gasteiger partial charge in [0.25, 0.3) is 0 Å². The van der Waals surface area contributed by atoms with Crippen LogP contribution in [0.3, 0.4) is 0 Å². The van der Waals surface area contributed by atoms with Gasteiger partial charge in [-0.1, -0.05) is 22.0 Å². The standard InChI is InChI=1S/C20H25BrN2O3.ClH/c1-23(12-10-15-4-9-18(25-2)19(14-15)26-3)13-11-20(24)22-17-7-5-16(21)6-8-17;/h4-9,14H,10-13H2,1-3H3,(H,22,24);1H. The highest BCUT2D eigenvalue weighted by Crippen LogP contribution is 2.27. The third-order valence-corrected chi connectivity index (χ3v) is 4.61. The van der Waals surface area contributed by atoms with Crippen molar-refractivity contribution in [2.24, 2.45) is 0 Å². The summed E-state index contributed by atoms with van der Waals surface area (Å²) in [6.07, 6.45) is 1.34. The summed E-state index contributed by atoms with van der Waals surface area (Å²) in [7, 11) is 5.29. The Kier molecular flexibility index (Phi) is 10.2. The number of carbonyl (C=O) groups excluding carboxylic acids is 1. The van der Waals surface area contributed by atoms with Crippen molar-refractivity contribution in [3.63, 3.8) is 0 Å². The van der Waals surface area contributed by atoms with Crippen LogP contribution in [0, 0.1) is 0 Å². The molecular weight excluding hydrogens is 432 g/mol. The molecule has 0 bridgehead atoms. The SMILES string of the molecule is COc1ccc(CCN(C)CCC(=O)Nc2ccc(Br)cc2)cc1OC.Cl. The third-order valence-electron chi connectivity index (χ3n) is 4.08. The highest BCUT2D eigenvalue weighted by Gasteiger charge is 2.08. The second-order valence-electron chi connectivity index (χ2n) is 6.05. The molecule has 27 heavy (non-hydrogen) atoms. The number of hydrogen-bond acceptors (Lipinski definition) is 4. The lowest BCUT2D eigenvalue weighted by atomic mass is 10.1. The van der Waals surface area contributed by atoms with Gasteiger partial charge >= 0.3 is 0 Å². The Morgan fingerprint density at radius 2 is 1.70 bits per heavy atom. The number of rotatable bonds is 9. The van der Waals surface area contributed by atoms with Gasteiger partial charge in [-0.3, -0.25) is 4.79 Å². The smallest absolute Gasteiger partial charge is 0.225 e. The molecule has 5 nitrogen and oxygen atoms in total. The number of hydrogen-bond donors (Lipinski definition) is 1. The quantitative estimate of drug-likeness (QED) is 0.607. The number of ether oxygens (including phenoxy) is 2. The average Bonchev–Trinajstić information content (AvgIpc) is 2.66. The minimum atomic E-state index is 0. The zero-order valence-corrected chi connectivity index (χ0v) is 18.2. The van der Waals surface area contributed by atoms with Gasteiger partial charge in [0.2, 0.25) is 5.91 Å². The van der Waals surface area contributed by atoms with Crippen molar-refractivity contribution in [2.75, 3.05) is 39.7 Å². The lowest BCUT2D eigenvalue weighted by Crippen LogP contribution is -2.26. The van der Waals surface area contributed by atoms with E-state index in [1.165, 1.54) is 5.56 Å². The summed E-state index contributed by atoms with van der Waals surface area (Å²) in [5.41, 5.74) is 1.99. The lowest BCUT2D eigenvalue weighted by Gasteiger charge is -2.17. The Labute approximate surface area is 175 Å². The van der Waals surface area contributed by atoms with Crippen molar-refractivity contribution in [3.8, 4) is 11.5 Å². The van der Waals surface area contributed by atoms with E-state index < -0.39 is 0 Å². The first-order valence-electron chi connectivity index (χ1n) is 8.46. The number of methoxy groups -OCH3 is 2. The molecule has 0 aliphatic carbocycles. The van der Waals surface area contributed by atoms with Crippen molar-refractivity contribution < 1.29 is 14.3 Å². The van der Waals surface area contributed by atoms with E-state index in [0.717, 1.165) is 34.6 Å². The summed E-state index contributed by atoms with van der Waals surface area (Å²) in [6.45, 7) is 1.57. The Morgan fingerprint density at radius 1 is 1.04 bits per heavy atom. The van der Waals surface area contributed by atoms with Crippen LogP contribution < -0.4 is 14.8 Å². The largest absolute Gasteiger partial charge is 0.493 e. The van der Waals surface area contributed by atoms with Gasteiger partial charge in [0, 0.05) is 29.7 Å². The number of benzene rings is 2. The minimum Gasteiger partial charge on any atom is -0.493 e. The predicted octanol–water partition coefficient (Wildman–Crippen LogP) is 4.39. The molecule has 0 heterocycles. The highest BCUT2D eigenvalue weighted by atomic mass is 79.9. The summed E-state index contributed by atoms with van der Waals surface area (Å²) >= 11 is 3.38. The molecule has 1 N–H and O–H groups in total. The summed E-state index contributed by atoms with van der Waals surface area (Å²) in [5, 5.41) is 2.91. The van der Waals surface area contributed by atoms with E-state index in [1.54, 1.807) is 14.2 Å². The highest BCUT2D eigenvalue weighted by molar-refractivity contribution is 9.10. The van der Waals surface area contributed by atoms with Gasteiger partial charge in [0.05, 0.1) is 14.2 Å². The summed E-state index contributed by atoms with van der Waals surface area (Å²) in [4.78, 5) is 14.2. The third kappa shape index (κ3) is 7.79. The first kappa shape index (κ1) is 23.3. The Morgan fingerprint density at radius 3 is 2.33 bits per heavy atom. The Bertz CT molecular complexity index is 726. The maximum absolute atomic E-state index is 12.1. The molecule has 0 aliphatic rings. The van der Waals surface area contributed by atoms with Crippen molar-refractivity contribution in [3.05, 3.63) is 52.5 Å². The van der Waals surface area contributed by atoms with E-state index in [0.29, 0.717) is 13.0 Å². The molecule has 0 unspecified atom stereocenters. The van der Waals surface area contributed by atoms with E-state index in [9.17, 15) is 4.79 Å². The molecule has 2 aromatic carbocycles. The fourth-order valence-corrected chi connectivity index (χ4v) is 2.78. The average molecular weight is 458 g/mol. The minimum absolute atomic E-state index is 0. The van der Waals surface area contributed by atoms with E-state index in [-0.39, 0.29) is 18.3 Å². The van der Waals surface area contributed by atoms with Crippen LogP contribution in [-0.2, 0) is 11.2 Å². The second-order valence-corrected chi connectivity index (χ2v) is 6.96. The van der Waals surface area contributed by atoms with Crippen LogP contribution >= 0.6 is 28.3 Å². The molecule has 0 atom stereocenters. The Hall–Kier alpha value is -1.76. The van der Waals surface area contributed by atoms with Gasteiger partial charge in [-0.2, -0.15) is 0 Å². The van der Waals surface area contributed by atoms with Gasteiger partial charge in [-0.05, 0) is 55.4 Å². The molecule has 0 radical (unpaired) electrons. The van der Waals surface area contributed by atoms with Crippen LogP contribution in [0.25, 0.3) is 0 Å². The fraction of sp³-hybridized carbons (Fsp3) is 0.350. The molecule has 0 saturated heterocycles. The van der Waals surface area contributed by atoms with Crippen molar-refractivity contribution >= 4 is 39.9 Å². The fourth-order valence-electron chi connectivity index (χ4n) is 2.52. The molecule has 2 rings (SSSR count). The maximum atomic E-state index is 12.1. The van der Waals surface area contributed by atoms with Crippen molar-refractivity contribution in [1.82, 2.24) is 4.90 Å². The number of nitrogens with zero attached hydrogens (tertiary/aromatic N) is 1. The van der Waals surface area contributed by atoms with Crippen LogP contribution in [-0.4, -0.2) is 45.2 Å². The summed E-state index contributed by atoms with van der Waals surface area (Å²) in [6, 6.07) is 13.5. The first-order chi connectivity index (χ1) is 12.5. The zero-order valence-electron chi connectivity index (χ0n) is 15.8. The molecule has 148 valence electrons. The summed E-state index contributed by atoms with van der Waals surface area (Å²) < 4.78 is 11.6. The van der Waals surface area contributed by atoms with Gasteiger partial charge in [0.15, 0.2) is 11.5 Å². The van der Waals surface area contributed by atoms with E-state index >= 15 is 0 Å². The van der Waals surface area contributed by atoms with E-state index in [1.807, 2.05) is 49.5 Å². The molecule has 2 aromatic rings. The normalized spacial score (nSPS) is 10.3. The van der Waals surface area contributed by atoms with E-state index in [2.05, 4.69) is 26.1 Å².